The van der Waals surface area contributed by atoms with Crippen LogP contribution in [-0.2, 0) is 0 Å². The minimum absolute atomic E-state index is 0.0573. The van der Waals surface area contributed by atoms with Gasteiger partial charge in [0.25, 0.3) is 0 Å². The normalized spacial score (nSPS) is 27.1. The van der Waals surface area contributed by atoms with Crippen LogP contribution in [-0.4, -0.2) is 30.9 Å². The van der Waals surface area contributed by atoms with Crippen LogP contribution < -0.4 is 15.8 Å². The predicted molar refractivity (Wildman–Crippen MR) is 75.4 cm³/mol. The third-order valence-electron chi connectivity index (χ3n) is 4.39. The molecule has 0 aromatic heterocycles. The third-order valence-corrected chi connectivity index (χ3v) is 4.39. The molecular weight excluding hydrogens is 240 g/mol. The van der Waals surface area contributed by atoms with Gasteiger partial charge in [-0.2, -0.15) is 0 Å². The minimum atomic E-state index is -0.137. The molecule has 104 valence electrons. The highest BCUT2D eigenvalue weighted by Gasteiger charge is 2.40. The number of rotatable bonds is 2. The molecule has 1 aromatic carbocycles. The van der Waals surface area contributed by atoms with Crippen LogP contribution in [0.25, 0.3) is 0 Å². The van der Waals surface area contributed by atoms with Crippen LogP contribution in [0.1, 0.15) is 29.9 Å². The number of piperidine rings is 1. The summed E-state index contributed by atoms with van der Waals surface area (Å²) in [4.78, 5) is 0. The SMILES string of the molecule is Cc1cc(N)c2c(c1)C(C1CCNCC1)C(CO)O2. The fourth-order valence-corrected chi connectivity index (χ4v) is 3.55. The van der Waals surface area contributed by atoms with Gasteiger partial charge in [-0.25, -0.2) is 0 Å². The zero-order valence-corrected chi connectivity index (χ0v) is 11.4. The highest BCUT2D eigenvalue weighted by atomic mass is 16.5. The summed E-state index contributed by atoms with van der Waals surface area (Å²) in [5.74, 6) is 1.65. The Morgan fingerprint density at radius 3 is 2.79 bits per heavy atom. The topological polar surface area (TPSA) is 67.5 Å². The summed E-state index contributed by atoms with van der Waals surface area (Å²) in [5.41, 5.74) is 9.12. The van der Waals surface area contributed by atoms with E-state index >= 15 is 0 Å². The number of hydrogen-bond donors (Lipinski definition) is 3. The number of anilines is 1. The minimum Gasteiger partial charge on any atom is -0.485 e. The van der Waals surface area contributed by atoms with Crippen LogP contribution in [0.15, 0.2) is 12.1 Å². The lowest BCUT2D eigenvalue weighted by Crippen LogP contribution is -2.35. The summed E-state index contributed by atoms with van der Waals surface area (Å²) < 4.78 is 5.91. The molecule has 1 aromatic rings. The van der Waals surface area contributed by atoms with E-state index in [0.717, 1.165) is 37.2 Å². The number of nitrogens with two attached hydrogens (primary N) is 1. The van der Waals surface area contributed by atoms with E-state index in [4.69, 9.17) is 10.5 Å². The zero-order valence-electron chi connectivity index (χ0n) is 11.4. The van der Waals surface area contributed by atoms with Crippen LogP contribution in [0.5, 0.6) is 5.75 Å². The number of aliphatic hydroxyl groups is 1. The molecule has 4 N–H and O–H groups in total. The number of ether oxygens (including phenoxy) is 1. The van der Waals surface area contributed by atoms with Crippen molar-refractivity contribution in [3.05, 3.63) is 23.3 Å². The molecule has 0 aliphatic carbocycles. The van der Waals surface area contributed by atoms with Crippen molar-refractivity contribution in [2.75, 3.05) is 25.4 Å². The molecule has 0 spiro atoms. The number of nitrogen functional groups attached to an aromatic ring is 1. The molecule has 1 fully saturated rings. The second-order valence-electron chi connectivity index (χ2n) is 5.72. The van der Waals surface area contributed by atoms with E-state index in [0.29, 0.717) is 11.6 Å². The zero-order chi connectivity index (χ0) is 13.4. The standard InChI is InChI=1S/C15H22N2O2/c1-9-6-11-14(10-2-4-17-5-3-10)13(8-18)19-15(11)12(16)7-9/h6-7,10,13-14,17-18H,2-5,8,16H2,1H3. The van der Waals surface area contributed by atoms with Crippen molar-refractivity contribution in [2.24, 2.45) is 5.92 Å². The Morgan fingerprint density at radius 2 is 2.11 bits per heavy atom. The Labute approximate surface area is 114 Å². The number of nitrogens with one attached hydrogen (secondary N) is 1. The van der Waals surface area contributed by atoms with E-state index in [1.54, 1.807) is 0 Å². The van der Waals surface area contributed by atoms with Gasteiger partial charge in [-0.15, -0.1) is 0 Å². The van der Waals surface area contributed by atoms with Crippen molar-refractivity contribution in [1.82, 2.24) is 5.32 Å². The van der Waals surface area contributed by atoms with Gasteiger partial charge in [0.2, 0.25) is 0 Å². The van der Waals surface area contributed by atoms with Gasteiger partial charge in [0, 0.05) is 11.5 Å². The summed E-state index contributed by atoms with van der Waals surface area (Å²) in [7, 11) is 0. The first-order valence-electron chi connectivity index (χ1n) is 7.09. The lowest BCUT2D eigenvalue weighted by molar-refractivity contribution is 0.0923. The van der Waals surface area contributed by atoms with Crippen LogP contribution in [0.2, 0.25) is 0 Å². The van der Waals surface area contributed by atoms with Gasteiger partial charge >= 0.3 is 0 Å². The van der Waals surface area contributed by atoms with Crippen molar-refractivity contribution in [3.8, 4) is 5.75 Å². The molecule has 0 amide bonds. The van der Waals surface area contributed by atoms with Crippen LogP contribution in [0.4, 0.5) is 5.69 Å². The number of fused-ring (bicyclic) bond motifs is 1. The average molecular weight is 262 g/mol. The Hall–Kier alpha value is -1.26. The second kappa shape index (κ2) is 5.02. The summed E-state index contributed by atoms with van der Waals surface area (Å²) in [6, 6.07) is 4.12. The monoisotopic (exact) mass is 262 g/mol. The summed E-state index contributed by atoms with van der Waals surface area (Å²) in [6.45, 7) is 4.22. The Kier molecular flexibility index (Phi) is 3.37. The molecule has 19 heavy (non-hydrogen) atoms. The molecule has 3 rings (SSSR count). The Bertz CT molecular complexity index is 469. The third kappa shape index (κ3) is 2.19. The molecular formula is C15H22N2O2. The van der Waals surface area contributed by atoms with Gasteiger partial charge in [-0.05, 0) is 50.4 Å². The first-order valence-corrected chi connectivity index (χ1v) is 7.09. The molecule has 4 heteroatoms. The van der Waals surface area contributed by atoms with Crippen LogP contribution in [0.3, 0.4) is 0 Å². The van der Waals surface area contributed by atoms with Crippen LogP contribution >= 0.6 is 0 Å². The van der Waals surface area contributed by atoms with Crippen molar-refractivity contribution >= 4 is 5.69 Å². The molecule has 0 bridgehead atoms. The maximum absolute atomic E-state index is 9.62. The molecule has 2 aliphatic heterocycles. The van der Waals surface area contributed by atoms with E-state index in [9.17, 15) is 5.11 Å². The summed E-state index contributed by atoms with van der Waals surface area (Å²) in [5, 5.41) is 13.0. The number of benzene rings is 1. The molecule has 0 saturated carbocycles. The highest BCUT2D eigenvalue weighted by molar-refractivity contribution is 5.62. The number of aliphatic hydroxyl groups excluding tert-OH is 1. The van der Waals surface area contributed by atoms with Gasteiger partial charge in [-0.1, -0.05) is 6.07 Å². The number of hydrogen-bond acceptors (Lipinski definition) is 4. The molecule has 0 radical (unpaired) electrons. The second-order valence-corrected chi connectivity index (χ2v) is 5.72. The lowest BCUT2D eigenvalue weighted by atomic mass is 9.78. The van der Waals surface area contributed by atoms with Gasteiger partial charge in [-0.3, -0.25) is 0 Å². The highest BCUT2D eigenvalue weighted by Crippen LogP contribution is 2.48. The summed E-state index contributed by atoms with van der Waals surface area (Å²) >= 11 is 0. The quantitative estimate of drug-likeness (QED) is 0.705. The van der Waals surface area contributed by atoms with Gasteiger partial charge < -0.3 is 20.9 Å². The van der Waals surface area contributed by atoms with Crippen LogP contribution in [0, 0.1) is 12.8 Å². The molecule has 2 atom stereocenters. The fraction of sp³-hybridized carbons (Fsp3) is 0.600. The predicted octanol–water partition coefficient (Wildman–Crippen LogP) is 1.41. The molecule has 2 heterocycles. The van der Waals surface area contributed by atoms with Crippen molar-refractivity contribution in [3.63, 3.8) is 0 Å². The van der Waals surface area contributed by atoms with Crippen molar-refractivity contribution < 1.29 is 9.84 Å². The first kappa shape index (κ1) is 12.8. The van der Waals surface area contributed by atoms with E-state index in [1.165, 1.54) is 5.56 Å². The van der Waals surface area contributed by atoms with E-state index in [2.05, 4.69) is 18.3 Å². The molecule has 1 saturated heterocycles. The molecule has 2 aliphatic rings. The van der Waals surface area contributed by atoms with Crippen molar-refractivity contribution in [2.45, 2.75) is 31.8 Å². The van der Waals surface area contributed by atoms with Gasteiger partial charge in [0.1, 0.15) is 11.9 Å². The fourth-order valence-electron chi connectivity index (χ4n) is 3.55. The lowest BCUT2D eigenvalue weighted by Gasteiger charge is -2.30. The maximum atomic E-state index is 9.62. The maximum Gasteiger partial charge on any atom is 0.146 e. The van der Waals surface area contributed by atoms with Gasteiger partial charge in [0.15, 0.2) is 0 Å². The number of aryl methyl sites for hydroxylation is 1. The van der Waals surface area contributed by atoms with Gasteiger partial charge in [0.05, 0.1) is 12.3 Å². The largest absolute Gasteiger partial charge is 0.485 e. The molecule has 4 nitrogen and oxygen atoms in total. The smallest absolute Gasteiger partial charge is 0.146 e. The first-order chi connectivity index (χ1) is 9.20. The van der Waals surface area contributed by atoms with E-state index in [-0.39, 0.29) is 18.6 Å². The molecule has 2 unspecified atom stereocenters. The van der Waals surface area contributed by atoms with E-state index < -0.39 is 0 Å². The average Bonchev–Trinajstić information content (AvgIpc) is 2.78. The Morgan fingerprint density at radius 1 is 1.37 bits per heavy atom. The Balaban J connectivity index is 1.98. The van der Waals surface area contributed by atoms with Crippen molar-refractivity contribution in [1.29, 1.82) is 0 Å². The van der Waals surface area contributed by atoms with E-state index in [1.807, 2.05) is 6.07 Å². The summed E-state index contributed by atoms with van der Waals surface area (Å²) in [6.07, 6.45) is 2.14.